The number of methoxy groups -OCH3 is 1. The van der Waals surface area contributed by atoms with Crippen LogP contribution in [-0.4, -0.2) is 56.5 Å². The first-order valence-corrected chi connectivity index (χ1v) is 10.6. The van der Waals surface area contributed by atoms with Gasteiger partial charge in [0.25, 0.3) is 0 Å². The lowest BCUT2D eigenvalue weighted by molar-refractivity contribution is -0.139. The molecule has 1 atom stereocenters. The van der Waals surface area contributed by atoms with Crippen LogP contribution in [0.25, 0.3) is 0 Å². The molecule has 1 saturated heterocycles. The Morgan fingerprint density at radius 3 is 2.48 bits per heavy atom. The molecule has 1 aromatic carbocycles. The Hall–Kier alpha value is -1.60. The fourth-order valence-corrected chi connectivity index (χ4v) is 4.76. The van der Waals surface area contributed by atoms with Crippen molar-refractivity contribution >= 4 is 15.9 Å². The lowest BCUT2D eigenvalue weighted by atomic mass is 9.90. The highest BCUT2D eigenvalue weighted by molar-refractivity contribution is 7.88. The Balaban J connectivity index is 1.71. The predicted octanol–water partition coefficient (Wildman–Crippen LogP) is 1.81. The lowest BCUT2D eigenvalue weighted by Gasteiger charge is -2.39. The second-order valence-corrected chi connectivity index (χ2v) is 8.94. The van der Waals surface area contributed by atoms with E-state index in [0.717, 1.165) is 17.7 Å². The van der Waals surface area contributed by atoms with Gasteiger partial charge in [0.05, 0.1) is 19.4 Å². The first-order valence-electron chi connectivity index (χ1n) is 8.73. The maximum Gasteiger partial charge on any atom is 0.226 e. The molecule has 0 saturated carbocycles. The van der Waals surface area contributed by atoms with Crippen LogP contribution in [0.5, 0.6) is 5.75 Å². The average Bonchev–Trinajstić information content (AvgIpc) is 2.60. The van der Waals surface area contributed by atoms with Crippen molar-refractivity contribution in [3.63, 3.8) is 0 Å². The summed E-state index contributed by atoms with van der Waals surface area (Å²) in [6.45, 7) is 3.64. The number of nitrogens with zero attached hydrogens (tertiary/aromatic N) is 2. The third-order valence-corrected chi connectivity index (χ3v) is 6.75. The van der Waals surface area contributed by atoms with Gasteiger partial charge in [-0.2, -0.15) is 0 Å². The number of sulfonamides is 1. The van der Waals surface area contributed by atoms with Crippen molar-refractivity contribution in [1.82, 2.24) is 9.21 Å². The van der Waals surface area contributed by atoms with Crippen molar-refractivity contribution in [3.8, 4) is 5.75 Å². The number of rotatable bonds is 3. The number of piperidine rings is 1. The highest BCUT2D eigenvalue weighted by Gasteiger charge is 2.35. The van der Waals surface area contributed by atoms with Gasteiger partial charge >= 0.3 is 0 Å². The van der Waals surface area contributed by atoms with Gasteiger partial charge in [-0.05, 0) is 49.4 Å². The van der Waals surface area contributed by atoms with E-state index in [1.54, 1.807) is 7.11 Å². The minimum absolute atomic E-state index is 0.0132. The van der Waals surface area contributed by atoms with Gasteiger partial charge in [-0.15, -0.1) is 0 Å². The molecular weight excluding hydrogens is 340 g/mol. The van der Waals surface area contributed by atoms with Crippen molar-refractivity contribution in [2.75, 3.05) is 33.0 Å². The average molecular weight is 366 g/mol. The summed E-state index contributed by atoms with van der Waals surface area (Å²) in [6, 6.07) is 6.08. The Morgan fingerprint density at radius 2 is 1.88 bits per heavy atom. The van der Waals surface area contributed by atoms with E-state index in [2.05, 4.69) is 13.0 Å². The quantitative estimate of drug-likeness (QED) is 0.818. The molecule has 0 spiro atoms. The fourth-order valence-electron chi connectivity index (χ4n) is 3.89. The summed E-state index contributed by atoms with van der Waals surface area (Å²) in [6.07, 6.45) is 3.27. The molecule has 0 N–H and O–H groups in total. The highest BCUT2D eigenvalue weighted by atomic mass is 32.2. The number of amides is 1. The van der Waals surface area contributed by atoms with Gasteiger partial charge in [0.1, 0.15) is 5.75 Å². The molecule has 0 aliphatic carbocycles. The van der Waals surface area contributed by atoms with E-state index >= 15 is 0 Å². The Kier molecular flexibility index (Phi) is 5.06. The zero-order valence-corrected chi connectivity index (χ0v) is 15.9. The van der Waals surface area contributed by atoms with Crippen LogP contribution < -0.4 is 4.74 Å². The Morgan fingerprint density at radius 1 is 1.20 bits per heavy atom. The minimum Gasteiger partial charge on any atom is -0.497 e. The summed E-state index contributed by atoms with van der Waals surface area (Å²) < 4.78 is 30.1. The molecular formula is C18H26N2O4S. The van der Waals surface area contributed by atoms with Crippen LogP contribution in [0.15, 0.2) is 18.2 Å². The fraction of sp³-hybridized carbons (Fsp3) is 0.611. The summed E-state index contributed by atoms with van der Waals surface area (Å²) in [5, 5.41) is 0. The van der Waals surface area contributed by atoms with Crippen molar-refractivity contribution < 1.29 is 17.9 Å². The van der Waals surface area contributed by atoms with Gasteiger partial charge < -0.3 is 9.64 Å². The molecule has 3 rings (SSSR count). The SMILES string of the molecule is COc1ccc2c(c1)C(C)N(C(=O)C1CCN(S(C)(=O)=O)CC1)CC2. The van der Waals surface area contributed by atoms with Gasteiger partial charge in [0, 0.05) is 25.6 Å². The predicted molar refractivity (Wildman–Crippen MR) is 96.0 cm³/mol. The van der Waals surface area contributed by atoms with Crippen LogP contribution >= 0.6 is 0 Å². The van der Waals surface area contributed by atoms with Crippen molar-refractivity contribution in [2.45, 2.75) is 32.2 Å². The molecule has 1 fully saturated rings. The largest absolute Gasteiger partial charge is 0.497 e. The maximum absolute atomic E-state index is 13.0. The third kappa shape index (κ3) is 3.67. The molecule has 25 heavy (non-hydrogen) atoms. The highest BCUT2D eigenvalue weighted by Crippen LogP contribution is 2.34. The lowest BCUT2D eigenvalue weighted by Crippen LogP contribution is -2.46. The molecule has 0 bridgehead atoms. The zero-order valence-electron chi connectivity index (χ0n) is 15.1. The summed E-state index contributed by atoms with van der Waals surface area (Å²) in [5.74, 6) is 0.864. The number of fused-ring (bicyclic) bond motifs is 1. The first kappa shape index (κ1) is 18.2. The van der Waals surface area contributed by atoms with Gasteiger partial charge in [0.15, 0.2) is 0 Å². The van der Waals surface area contributed by atoms with Crippen LogP contribution in [0, 0.1) is 5.92 Å². The number of hydrogen-bond donors (Lipinski definition) is 0. The molecule has 2 aliphatic heterocycles. The molecule has 6 nitrogen and oxygen atoms in total. The molecule has 1 unspecified atom stereocenters. The van der Waals surface area contributed by atoms with Gasteiger partial charge in [-0.25, -0.2) is 12.7 Å². The normalized spacial score (nSPS) is 22.5. The number of ether oxygens (including phenoxy) is 1. The first-order chi connectivity index (χ1) is 11.8. The number of benzene rings is 1. The molecule has 0 radical (unpaired) electrons. The van der Waals surface area contributed by atoms with Crippen LogP contribution in [0.1, 0.15) is 36.9 Å². The van der Waals surface area contributed by atoms with E-state index in [9.17, 15) is 13.2 Å². The molecule has 2 aliphatic rings. The number of hydrogen-bond acceptors (Lipinski definition) is 4. The summed E-state index contributed by atoms with van der Waals surface area (Å²) in [4.78, 5) is 15.0. The maximum atomic E-state index is 13.0. The number of carbonyl (C=O) groups excluding carboxylic acids is 1. The second-order valence-electron chi connectivity index (χ2n) is 6.96. The standard InChI is InChI=1S/C18H26N2O4S/c1-13-17-12-16(24-2)5-4-14(17)8-11-20(13)18(21)15-6-9-19(10-7-15)25(3,22)23/h4-5,12-13,15H,6-11H2,1-3H3. The van der Waals surface area contributed by atoms with Crippen molar-refractivity contribution in [2.24, 2.45) is 5.92 Å². The van der Waals surface area contributed by atoms with E-state index in [4.69, 9.17) is 4.74 Å². The molecule has 7 heteroatoms. The molecule has 1 amide bonds. The van der Waals surface area contributed by atoms with Crippen molar-refractivity contribution in [1.29, 1.82) is 0 Å². The van der Waals surface area contributed by atoms with Gasteiger partial charge in [-0.3, -0.25) is 4.79 Å². The topological polar surface area (TPSA) is 66.9 Å². The van der Waals surface area contributed by atoms with Crippen LogP contribution in [0.3, 0.4) is 0 Å². The molecule has 138 valence electrons. The zero-order chi connectivity index (χ0) is 18.2. The summed E-state index contributed by atoms with van der Waals surface area (Å²) in [7, 11) is -1.52. The molecule has 0 aromatic heterocycles. The van der Waals surface area contributed by atoms with Crippen molar-refractivity contribution in [3.05, 3.63) is 29.3 Å². The van der Waals surface area contributed by atoms with E-state index in [0.29, 0.717) is 32.5 Å². The Labute approximate surface area is 149 Å². The molecule has 2 heterocycles. The van der Waals surface area contributed by atoms with Gasteiger partial charge in [-0.1, -0.05) is 6.07 Å². The monoisotopic (exact) mass is 366 g/mol. The summed E-state index contributed by atoms with van der Waals surface area (Å²) >= 11 is 0. The van der Waals surface area contributed by atoms with E-state index in [-0.39, 0.29) is 17.9 Å². The molecule has 1 aromatic rings. The Bertz CT molecular complexity index is 754. The van der Waals surface area contributed by atoms with Crippen LogP contribution in [0.2, 0.25) is 0 Å². The van der Waals surface area contributed by atoms with Crippen LogP contribution in [0.4, 0.5) is 0 Å². The van der Waals surface area contributed by atoms with Crippen LogP contribution in [-0.2, 0) is 21.2 Å². The minimum atomic E-state index is -3.16. The van der Waals surface area contributed by atoms with Gasteiger partial charge in [0.2, 0.25) is 15.9 Å². The summed E-state index contributed by atoms with van der Waals surface area (Å²) in [5.41, 5.74) is 2.41. The smallest absolute Gasteiger partial charge is 0.226 e. The van der Waals surface area contributed by atoms with E-state index < -0.39 is 10.0 Å². The number of carbonyl (C=O) groups is 1. The van der Waals surface area contributed by atoms with E-state index in [1.807, 2.05) is 17.0 Å². The second kappa shape index (κ2) is 6.96. The van der Waals surface area contributed by atoms with E-state index in [1.165, 1.54) is 16.1 Å². The third-order valence-electron chi connectivity index (χ3n) is 5.45.